The van der Waals surface area contributed by atoms with E-state index in [4.69, 9.17) is 0 Å². The molecule has 0 spiro atoms. The van der Waals surface area contributed by atoms with Crippen LogP contribution in [0.2, 0.25) is 0 Å². The zero-order chi connectivity index (χ0) is 9.00. The molecule has 64 valence electrons. The van der Waals surface area contributed by atoms with Gasteiger partial charge in [-0.3, -0.25) is 0 Å². The van der Waals surface area contributed by atoms with E-state index >= 15 is 0 Å². The molecule has 0 saturated heterocycles. The molecule has 0 saturated carbocycles. The van der Waals surface area contributed by atoms with Crippen LogP contribution >= 0.6 is 0 Å². The Hall–Kier alpha value is -1.70. The molecule has 0 heterocycles. The van der Waals surface area contributed by atoms with Gasteiger partial charge in [0, 0.05) is 17.4 Å². The fourth-order valence-electron chi connectivity index (χ4n) is 1.86. The number of benzene rings is 2. The van der Waals surface area contributed by atoms with E-state index in [1.165, 1.54) is 0 Å². The monoisotopic (exact) mass is 172 g/mol. The number of rotatable bonds is 0. The lowest BCUT2D eigenvalue weighted by atomic mass is 10.1. The number of phenols is 2. The third-order valence-electron chi connectivity index (χ3n) is 2.57. The minimum atomic E-state index is 0.311. The molecule has 2 N–H and O–H groups in total. The highest BCUT2D eigenvalue weighted by Crippen LogP contribution is 2.45. The van der Waals surface area contributed by atoms with Crippen molar-refractivity contribution in [3.63, 3.8) is 0 Å². The summed E-state index contributed by atoms with van der Waals surface area (Å²) in [5.74, 6) is 0.666. The van der Waals surface area contributed by atoms with Crippen molar-refractivity contribution in [2.45, 2.75) is 6.42 Å². The number of phenolic OH excluding ortho intramolecular Hbond substituents is 2. The molecular weight excluding hydrogens is 164 g/mol. The zero-order valence-corrected chi connectivity index (χ0v) is 6.91. The number of fused-ring (bicyclic) bond motifs is 3. The maximum Gasteiger partial charge on any atom is 0.123 e. The molecule has 0 bridgehead atoms. The van der Waals surface area contributed by atoms with Crippen LogP contribution in [0.1, 0.15) is 11.1 Å². The first-order chi connectivity index (χ1) is 6.27. The molecule has 2 heteroatoms. The zero-order valence-electron chi connectivity index (χ0n) is 6.91. The Morgan fingerprint density at radius 3 is 2.69 bits per heavy atom. The second-order valence-electron chi connectivity index (χ2n) is 3.40. The molecule has 2 aromatic carbocycles. The second-order valence-corrected chi connectivity index (χ2v) is 3.40. The fraction of sp³-hybridized carbons (Fsp3) is 0.0909. The molecule has 0 fully saturated rings. The minimum Gasteiger partial charge on any atom is -0.508 e. The average molecular weight is 172 g/mol. The highest BCUT2D eigenvalue weighted by atomic mass is 16.3. The molecule has 3 rings (SSSR count). The van der Waals surface area contributed by atoms with Crippen molar-refractivity contribution in [2.24, 2.45) is 0 Å². The maximum atomic E-state index is 9.59. The molecular formula is C11H8O2. The Morgan fingerprint density at radius 1 is 1.00 bits per heavy atom. The van der Waals surface area contributed by atoms with Gasteiger partial charge in [0.25, 0.3) is 0 Å². The molecule has 13 heavy (non-hydrogen) atoms. The van der Waals surface area contributed by atoms with Crippen LogP contribution in [0.3, 0.4) is 0 Å². The van der Waals surface area contributed by atoms with Crippen molar-refractivity contribution in [2.75, 3.05) is 0 Å². The summed E-state index contributed by atoms with van der Waals surface area (Å²) >= 11 is 0. The normalized spacial score (nSPS) is 12.9. The molecule has 0 aliphatic heterocycles. The van der Waals surface area contributed by atoms with Crippen LogP contribution in [-0.4, -0.2) is 10.2 Å². The summed E-state index contributed by atoms with van der Waals surface area (Å²) < 4.78 is 0. The maximum absolute atomic E-state index is 9.59. The van der Waals surface area contributed by atoms with E-state index in [1.807, 2.05) is 6.07 Å². The van der Waals surface area contributed by atoms with Crippen molar-refractivity contribution >= 4 is 10.8 Å². The molecule has 0 aromatic heterocycles. The predicted molar refractivity (Wildman–Crippen MR) is 50.1 cm³/mol. The van der Waals surface area contributed by atoms with E-state index in [1.54, 1.807) is 18.2 Å². The Kier molecular flexibility index (Phi) is 1.02. The number of hydrogen-bond acceptors (Lipinski definition) is 2. The highest BCUT2D eigenvalue weighted by Gasteiger charge is 2.25. The van der Waals surface area contributed by atoms with Crippen LogP contribution in [-0.2, 0) is 6.42 Å². The van der Waals surface area contributed by atoms with Crippen LogP contribution in [0, 0.1) is 0 Å². The summed E-state index contributed by atoms with van der Waals surface area (Å²) in [5, 5.41) is 20.9. The van der Waals surface area contributed by atoms with E-state index in [0.29, 0.717) is 11.5 Å². The SMILES string of the molecule is Oc1cc2cccc(O)c2c2c1C2. The summed E-state index contributed by atoms with van der Waals surface area (Å²) in [6, 6.07) is 7.07. The van der Waals surface area contributed by atoms with Crippen molar-refractivity contribution in [3.8, 4) is 11.5 Å². The fourth-order valence-corrected chi connectivity index (χ4v) is 1.86. The van der Waals surface area contributed by atoms with Crippen LogP contribution in [0.15, 0.2) is 24.3 Å². The average Bonchev–Trinajstić information content (AvgIpc) is 2.83. The van der Waals surface area contributed by atoms with Gasteiger partial charge in [0.15, 0.2) is 0 Å². The largest absolute Gasteiger partial charge is 0.508 e. The van der Waals surface area contributed by atoms with Gasteiger partial charge in [-0.2, -0.15) is 0 Å². The quantitative estimate of drug-likeness (QED) is 0.545. The van der Waals surface area contributed by atoms with E-state index in [0.717, 1.165) is 28.3 Å². The highest BCUT2D eigenvalue weighted by molar-refractivity contribution is 5.97. The Labute approximate surface area is 75.1 Å². The smallest absolute Gasteiger partial charge is 0.123 e. The van der Waals surface area contributed by atoms with Crippen LogP contribution in [0.4, 0.5) is 0 Å². The van der Waals surface area contributed by atoms with Crippen molar-refractivity contribution in [1.82, 2.24) is 0 Å². The lowest BCUT2D eigenvalue weighted by Crippen LogP contribution is -1.73. The van der Waals surface area contributed by atoms with E-state index in [2.05, 4.69) is 0 Å². The van der Waals surface area contributed by atoms with E-state index in [-0.39, 0.29) is 0 Å². The summed E-state index contributed by atoms with van der Waals surface area (Å²) in [4.78, 5) is 0. The Balaban J connectivity index is 2.54. The first kappa shape index (κ1) is 6.78. The number of aromatic hydroxyl groups is 2. The molecule has 1 aliphatic rings. The number of hydrogen-bond donors (Lipinski definition) is 2. The molecule has 0 radical (unpaired) electrons. The summed E-state index contributed by atoms with van der Waals surface area (Å²) in [5.41, 5.74) is 2.07. The van der Waals surface area contributed by atoms with Gasteiger partial charge in [-0.1, -0.05) is 12.1 Å². The second kappa shape index (κ2) is 1.96. The first-order valence-corrected chi connectivity index (χ1v) is 4.23. The van der Waals surface area contributed by atoms with Crippen LogP contribution < -0.4 is 0 Å². The molecule has 1 aliphatic carbocycles. The topological polar surface area (TPSA) is 40.5 Å². The van der Waals surface area contributed by atoms with E-state index in [9.17, 15) is 10.2 Å². The molecule has 0 amide bonds. The van der Waals surface area contributed by atoms with E-state index < -0.39 is 0 Å². The third-order valence-corrected chi connectivity index (χ3v) is 2.57. The Bertz CT molecular complexity index is 515. The lowest BCUT2D eigenvalue weighted by Gasteiger charge is -1.99. The summed E-state index contributed by atoms with van der Waals surface area (Å²) in [6.45, 7) is 0. The van der Waals surface area contributed by atoms with Gasteiger partial charge in [0.05, 0.1) is 0 Å². The van der Waals surface area contributed by atoms with Gasteiger partial charge < -0.3 is 10.2 Å². The van der Waals surface area contributed by atoms with Gasteiger partial charge in [-0.25, -0.2) is 0 Å². The van der Waals surface area contributed by atoms with Crippen molar-refractivity contribution in [3.05, 3.63) is 35.4 Å². The van der Waals surface area contributed by atoms with Crippen molar-refractivity contribution < 1.29 is 10.2 Å². The predicted octanol–water partition coefficient (Wildman–Crippen LogP) is 2.16. The first-order valence-electron chi connectivity index (χ1n) is 4.23. The summed E-state index contributed by atoms with van der Waals surface area (Å²) in [6.07, 6.45) is 0.812. The minimum absolute atomic E-state index is 0.311. The molecule has 0 atom stereocenters. The summed E-state index contributed by atoms with van der Waals surface area (Å²) in [7, 11) is 0. The van der Waals surface area contributed by atoms with Gasteiger partial charge in [-0.15, -0.1) is 0 Å². The van der Waals surface area contributed by atoms with Gasteiger partial charge >= 0.3 is 0 Å². The standard InChI is InChI=1S/C11H8O2/c12-9-3-1-2-6-4-10(13)7-5-8(7)11(6)9/h1-4,12-13H,5H2. The molecule has 2 aromatic rings. The van der Waals surface area contributed by atoms with Crippen LogP contribution in [0.5, 0.6) is 11.5 Å². The lowest BCUT2D eigenvalue weighted by molar-refractivity contribution is 0.474. The van der Waals surface area contributed by atoms with Crippen LogP contribution in [0.25, 0.3) is 10.8 Å². The van der Waals surface area contributed by atoms with Gasteiger partial charge in [0.1, 0.15) is 11.5 Å². The molecule has 0 unspecified atom stereocenters. The molecule has 2 nitrogen and oxygen atoms in total. The third kappa shape index (κ3) is 0.773. The van der Waals surface area contributed by atoms with Gasteiger partial charge in [0.2, 0.25) is 0 Å². The van der Waals surface area contributed by atoms with Gasteiger partial charge in [-0.05, 0) is 23.1 Å². The van der Waals surface area contributed by atoms with Crippen molar-refractivity contribution in [1.29, 1.82) is 0 Å². The Morgan fingerprint density at radius 2 is 1.85 bits per heavy atom.